The Morgan fingerprint density at radius 2 is 2.21 bits per heavy atom. The van der Waals surface area contributed by atoms with Crippen LogP contribution in [0.4, 0.5) is 13.2 Å². The van der Waals surface area contributed by atoms with Crippen LogP contribution in [0.25, 0.3) is 4.96 Å². The smallest absolute Gasteiger partial charge is 0.316 e. The summed E-state index contributed by atoms with van der Waals surface area (Å²) < 4.78 is 38.8. The normalized spacial score (nSPS) is 21.1. The number of nitrogens with zero attached hydrogens (tertiary/aromatic N) is 4. The molecule has 1 N–H and O–H groups in total. The van der Waals surface area contributed by atoms with Gasteiger partial charge in [-0.25, -0.2) is 0 Å². The van der Waals surface area contributed by atoms with E-state index in [-0.39, 0.29) is 4.96 Å². The van der Waals surface area contributed by atoms with E-state index < -0.39 is 12.0 Å². The van der Waals surface area contributed by atoms with Gasteiger partial charge in [-0.05, 0) is 31.8 Å². The van der Waals surface area contributed by atoms with E-state index in [0.29, 0.717) is 17.3 Å². The van der Waals surface area contributed by atoms with Crippen LogP contribution in [0.5, 0.6) is 0 Å². The molecule has 0 bridgehead atoms. The van der Waals surface area contributed by atoms with Crippen LogP contribution in [0.15, 0.2) is 0 Å². The highest BCUT2D eigenvalue weighted by Crippen LogP contribution is 2.29. The number of nitrogens with one attached hydrogen (secondary N) is 1. The lowest BCUT2D eigenvalue weighted by molar-refractivity contribution is -0.146. The topological polar surface area (TPSA) is 55.1 Å². The van der Waals surface area contributed by atoms with Gasteiger partial charge in [0.2, 0.25) is 4.96 Å². The van der Waals surface area contributed by atoms with Crippen molar-refractivity contribution in [2.75, 3.05) is 13.1 Å². The second-order valence-corrected chi connectivity index (χ2v) is 5.67. The fraction of sp³-hybridized carbons (Fsp3) is 0.700. The van der Waals surface area contributed by atoms with Gasteiger partial charge in [0, 0.05) is 6.42 Å². The molecule has 5 nitrogen and oxygen atoms in total. The van der Waals surface area contributed by atoms with E-state index in [4.69, 9.17) is 0 Å². The molecule has 1 saturated heterocycles. The highest BCUT2D eigenvalue weighted by atomic mass is 32.1. The Labute approximate surface area is 110 Å². The van der Waals surface area contributed by atoms with Gasteiger partial charge in [0.05, 0.1) is 0 Å². The van der Waals surface area contributed by atoms with Crippen molar-refractivity contribution in [3.8, 4) is 0 Å². The van der Waals surface area contributed by atoms with E-state index in [2.05, 4.69) is 20.6 Å². The van der Waals surface area contributed by atoms with Crippen molar-refractivity contribution in [3.63, 3.8) is 0 Å². The average Bonchev–Trinajstić information content (AvgIpc) is 2.88. The first-order valence-electron chi connectivity index (χ1n) is 6.03. The Hall–Kier alpha value is -1.22. The van der Waals surface area contributed by atoms with E-state index in [9.17, 15) is 13.2 Å². The zero-order valence-electron chi connectivity index (χ0n) is 9.94. The maximum absolute atomic E-state index is 12.7. The molecule has 3 heterocycles. The van der Waals surface area contributed by atoms with E-state index in [1.165, 1.54) is 11.3 Å². The van der Waals surface area contributed by atoms with Gasteiger partial charge in [-0.1, -0.05) is 11.3 Å². The molecule has 9 heteroatoms. The van der Waals surface area contributed by atoms with Crippen molar-refractivity contribution in [3.05, 3.63) is 10.8 Å². The SMILES string of the molecule is FC(F)(F)c1nnc2sc(CC3CCCNC3)nn12. The molecule has 0 radical (unpaired) electrons. The summed E-state index contributed by atoms with van der Waals surface area (Å²) in [5.74, 6) is -0.612. The number of rotatable bonds is 2. The van der Waals surface area contributed by atoms with Crippen LogP contribution in [-0.2, 0) is 12.6 Å². The molecule has 0 aliphatic carbocycles. The third-order valence-electron chi connectivity index (χ3n) is 3.15. The summed E-state index contributed by atoms with van der Waals surface area (Å²) >= 11 is 1.18. The number of alkyl halides is 3. The second kappa shape index (κ2) is 4.71. The summed E-state index contributed by atoms with van der Waals surface area (Å²) in [4.78, 5) is 0.200. The van der Waals surface area contributed by atoms with Crippen LogP contribution in [0.2, 0.25) is 0 Å². The molecule has 0 aromatic carbocycles. The van der Waals surface area contributed by atoms with E-state index in [1.54, 1.807) is 0 Å². The molecule has 1 unspecified atom stereocenters. The molecule has 3 rings (SSSR count). The number of hydrogen-bond donors (Lipinski definition) is 1. The third-order valence-corrected chi connectivity index (χ3v) is 4.07. The van der Waals surface area contributed by atoms with Crippen molar-refractivity contribution in [2.45, 2.75) is 25.4 Å². The highest BCUT2D eigenvalue weighted by molar-refractivity contribution is 7.16. The Balaban J connectivity index is 1.83. The van der Waals surface area contributed by atoms with Gasteiger partial charge in [0.1, 0.15) is 5.01 Å². The van der Waals surface area contributed by atoms with Crippen molar-refractivity contribution in [1.82, 2.24) is 25.1 Å². The molecule has 0 saturated carbocycles. The minimum atomic E-state index is -4.52. The molecular formula is C10H12F3N5S. The van der Waals surface area contributed by atoms with Gasteiger partial charge in [-0.15, -0.1) is 10.2 Å². The number of fused-ring (bicyclic) bond motifs is 1. The number of halogens is 3. The largest absolute Gasteiger partial charge is 0.453 e. The predicted molar refractivity (Wildman–Crippen MR) is 63.0 cm³/mol. The lowest BCUT2D eigenvalue weighted by Gasteiger charge is -2.21. The van der Waals surface area contributed by atoms with E-state index in [1.807, 2.05) is 0 Å². The second-order valence-electron chi connectivity index (χ2n) is 4.63. The first kappa shape index (κ1) is 12.8. The van der Waals surface area contributed by atoms with Crippen LogP contribution in [0.1, 0.15) is 23.7 Å². The lowest BCUT2D eigenvalue weighted by atomic mass is 9.97. The van der Waals surface area contributed by atoms with Gasteiger partial charge < -0.3 is 5.32 Å². The Morgan fingerprint density at radius 3 is 2.89 bits per heavy atom. The Bertz CT molecular complexity index is 569. The molecule has 1 aliphatic rings. The highest BCUT2D eigenvalue weighted by Gasteiger charge is 2.38. The molecular weight excluding hydrogens is 279 g/mol. The van der Waals surface area contributed by atoms with Gasteiger partial charge in [0.25, 0.3) is 5.82 Å². The first-order valence-corrected chi connectivity index (χ1v) is 6.85. The first-order chi connectivity index (χ1) is 9.04. The van der Waals surface area contributed by atoms with Crippen LogP contribution < -0.4 is 5.32 Å². The molecule has 104 valence electrons. The quantitative estimate of drug-likeness (QED) is 0.916. The van der Waals surface area contributed by atoms with Gasteiger partial charge in [-0.2, -0.15) is 22.8 Å². The predicted octanol–water partition coefficient (Wildman–Crippen LogP) is 1.75. The molecule has 2 aromatic rings. The fourth-order valence-electron chi connectivity index (χ4n) is 2.26. The van der Waals surface area contributed by atoms with Crippen LogP contribution in [0.3, 0.4) is 0 Å². The number of piperidine rings is 1. The fourth-order valence-corrected chi connectivity index (χ4v) is 3.21. The standard InChI is InChI=1S/C10H12F3N5S/c11-10(12,13)8-15-16-9-18(8)17-7(19-9)4-6-2-1-3-14-5-6/h6,14H,1-5H2. The zero-order chi connectivity index (χ0) is 13.5. The maximum atomic E-state index is 12.7. The Kier molecular flexibility index (Phi) is 3.17. The van der Waals surface area contributed by atoms with Crippen molar-refractivity contribution >= 4 is 16.3 Å². The van der Waals surface area contributed by atoms with Crippen molar-refractivity contribution < 1.29 is 13.2 Å². The molecule has 19 heavy (non-hydrogen) atoms. The molecule has 2 aromatic heterocycles. The minimum Gasteiger partial charge on any atom is -0.316 e. The number of hydrogen-bond acceptors (Lipinski definition) is 5. The lowest BCUT2D eigenvalue weighted by Crippen LogP contribution is -2.30. The van der Waals surface area contributed by atoms with Crippen LogP contribution in [-0.4, -0.2) is 32.9 Å². The number of aromatic nitrogens is 4. The summed E-state index contributed by atoms with van der Waals surface area (Å²) in [6.45, 7) is 1.91. The zero-order valence-corrected chi connectivity index (χ0v) is 10.8. The van der Waals surface area contributed by atoms with E-state index in [0.717, 1.165) is 30.4 Å². The molecule has 1 atom stereocenters. The molecule has 0 spiro atoms. The summed E-state index contributed by atoms with van der Waals surface area (Å²) in [5, 5.41) is 14.6. The van der Waals surface area contributed by atoms with Crippen molar-refractivity contribution in [2.24, 2.45) is 5.92 Å². The van der Waals surface area contributed by atoms with Gasteiger partial charge in [0.15, 0.2) is 0 Å². The maximum Gasteiger partial charge on any atom is 0.453 e. The monoisotopic (exact) mass is 291 g/mol. The minimum absolute atomic E-state index is 0.200. The molecule has 1 fully saturated rings. The summed E-state index contributed by atoms with van der Waals surface area (Å²) in [5.41, 5.74) is 0. The van der Waals surface area contributed by atoms with E-state index >= 15 is 0 Å². The molecule has 0 amide bonds. The van der Waals surface area contributed by atoms with Crippen LogP contribution in [0, 0.1) is 5.92 Å². The molecule has 1 aliphatic heterocycles. The van der Waals surface area contributed by atoms with Crippen LogP contribution >= 0.6 is 11.3 Å². The summed E-state index contributed by atoms with van der Waals surface area (Å²) in [6.07, 6.45) is -1.64. The average molecular weight is 291 g/mol. The third kappa shape index (κ3) is 2.57. The summed E-state index contributed by atoms with van der Waals surface area (Å²) in [6, 6.07) is 0. The van der Waals surface area contributed by atoms with Gasteiger partial charge in [-0.3, -0.25) is 0 Å². The Morgan fingerprint density at radius 1 is 1.37 bits per heavy atom. The van der Waals surface area contributed by atoms with Gasteiger partial charge >= 0.3 is 6.18 Å². The van der Waals surface area contributed by atoms with Crippen molar-refractivity contribution in [1.29, 1.82) is 0 Å². The summed E-state index contributed by atoms with van der Waals surface area (Å²) in [7, 11) is 0.